The number of hydrogen-bond donors (Lipinski definition) is 2. The smallest absolute Gasteiger partial charge is 0.0459 e. The van der Waals surface area contributed by atoms with E-state index in [1.165, 1.54) is 96.3 Å². The molecule has 22 heavy (non-hydrogen) atoms. The molecular weight excluding hydrogens is 272 g/mol. The van der Waals surface area contributed by atoms with E-state index in [0.717, 1.165) is 6.42 Å². The van der Waals surface area contributed by atoms with Crippen molar-refractivity contribution in [1.29, 1.82) is 0 Å². The van der Waals surface area contributed by atoms with E-state index in [1.54, 1.807) is 0 Å². The molecule has 1 unspecified atom stereocenters. The lowest BCUT2D eigenvalue weighted by Gasteiger charge is -2.13. The van der Waals surface area contributed by atoms with Crippen LogP contribution < -0.4 is 0 Å². The van der Waals surface area contributed by atoms with Crippen molar-refractivity contribution in [3.05, 3.63) is 0 Å². The fraction of sp³-hybridized carbons (Fsp3) is 1.00. The van der Waals surface area contributed by atoms with Gasteiger partial charge in [0, 0.05) is 13.2 Å². The van der Waals surface area contributed by atoms with Gasteiger partial charge in [0.1, 0.15) is 0 Å². The van der Waals surface area contributed by atoms with Gasteiger partial charge in [-0.2, -0.15) is 0 Å². The molecule has 0 aliphatic carbocycles. The van der Waals surface area contributed by atoms with Crippen molar-refractivity contribution in [2.24, 2.45) is 5.92 Å². The lowest BCUT2D eigenvalue weighted by molar-refractivity contribution is 0.204. The minimum atomic E-state index is 0.348. The number of aliphatic hydroxyl groups is 2. The van der Waals surface area contributed by atoms with Gasteiger partial charge in [-0.1, -0.05) is 90.4 Å². The van der Waals surface area contributed by atoms with E-state index in [2.05, 4.69) is 6.92 Å². The summed E-state index contributed by atoms with van der Waals surface area (Å²) >= 11 is 0. The average Bonchev–Trinajstić information content (AvgIpc) is 2.54. The van der Waals surface area contributed by atoms with E-state index >= 15 is 0 Å². The highest BCUT2D eigenvalue weighted by atomic mass is 16.3. The van der Waals surface area contributed by atoms with Crippen LogP contribution in [0.3, 0.4) is 0 Å². The Kier molecular flexibility index (Phi) is 18.9. The van der Waals surface area contributed by atoms with Gasteiger partial charge >= 0.3 is 0 Å². The van der Waals surface area contributed by atoms with Gasteiger partial charge in [0.2, 0.25) is 0 Å². The van der Waals surface area contributed by atoms with Crippen LogP contribution in [0, 0.1) is 5.92 Å². The summed E-state index contributed by atoms with van der Waals surface area (Å²) in [7, 11) is 0. The van der Waals surface area contributed by atoms with Crippen molar-refractivity contribution < 1.29 is 10.2 Å². The maximum Gasteiger partial charge on any atom is 0.0459 e. The highest BCUT2D eigenvalue weighted by molar-refractivity contribution is 4.59. The Bertz CT molecular complexity index is 194. The van der Waals surface area contributed by atoms with Crippen molar-refractivity contribution in [1.82, 2.24) is 0 Å². The molecular formula is C20H42O2. The normalized spacial score (nSPS) is 12.7. The van der Waals surface area contributed by atoms with E-state index in [9.17, 15) is 5.11 Å². The van der Waals surface area contributed by atoms with Gasteiger partial charge in [0.25, 0.3) is 0 Å². The Balaban J connectivity index is 3.28. The second kappa shape index (κ2) is 19.0. The van der Waals surface area contributed by atoms with Crippen LogP contribution >= 0.6 is 0 Å². The Morgan fingerprint density at radius 3 is 1.36 bits per heavy atom. The third kappa shape index (κ3) is 16.3. The minimum absolute atomic E-state index is 0.348. The molecule has 0 aliphatic rings. The molecule has 0 bridgehead atoms. The largest absolute Gasteiger partial charge is 0.396 e. The Morgan fingerprint density at radius 2 is 0.955 bits per heavy atom. The molecule has 0 saturated carbocycles. The quantitative estimate of drug-likeness (QED) is 0.312. The first-order valence-corrected chi connectivity index (χ1v) is 10.1. The van der Waals surface area contributed by atoms with Crippen molar-refractivity contribution in [3.63, 3.8) is 0 Å². The highest BCUT2D eigenvalue weighted by Crippen LogP contribution is 2.18. The molecule has 0 rings (SSSR count). The number of unbranched alkanes of at least 4 members (excludes halogenated alkanes) is 12. The summed E-state index contributed by atoms with van der Waals surface area (Å²) in [5.41, 5.74) is 0. The Labute approximate surface area is 139 Å². The van der Waals surface area contributed by atoms with E-state index in [4.69, 9.17) is 5.11 Å². The van der Waals surface area contributed by atoms with Crippen LogP contribution in [-0.4, -0.2) is 23.4 Å². The van der Waals surface area contributed by atoms with Crippen LogP contribution in [0.1, 0.15) is 110 Å². The summed E-state index contributed by atoms with van der Waals surface area (Å²) in [5, 5.41) is 18.2. The van der Waals surface area contributed by atoms with Crippen LogP contribution in [-0.2, 0) is 0 Å². The number of hydrogen-bond acceptors (Lipinski definition) is 2. The summed E-state index contributed by atoms with van der Waals surface area (Å²) < 4.78 is 0. The molecule has 0 aromatic heterocycles. The molecule has 0 heterocycles. The van der Waals surface area contributed by atoms with Gasteiger partial charge < -0.3 is 10.2 Å². The van der Waals surface area contributed by atoms with Gasteiger partial charge in [-0.15, -0.1) is 0 Å². The molecule has 0 spiro atoms. The van der Waals surface area contributed by atoms with E-state index in [1.807, 2.05) is 0 Å². The molecule has 2 N–H and O–H groups in total. The second-order valence-electron chi connectivity index (χ2n) is 6.95. The molecule has 0 fully saturated rings. The van der Waals surface area contributed by atoms with Crippen molar-refractivity contribution >= 4 is 0 Å². The summed E-state index contributed by atoms with van der Waals surface area (Å²) in [4.78, 5) is 0. The molecule has 0 aromatic rings. The summed E-state index contributed by atoms with van der Waals surface area (Å²) in [6.45, 7) is 2.99. The molecule has 0 radical (unpaired) electrons. The highest BCUT2D eigenvalue weighted by Gasteiger charge is 2.06. The first-order chi connectivity index (χ1) is 10.8. The minimum Gasteiger partial charge on any atom is -0.396 e. The Morgan fingerprint density at radius 1 is 0.545 bits per heavy atom. The molecule has 2 heteroatoms. The summed E-state index contributed by atoms with van der Waals surface area (Å²) in [5.74, 6) is 0.552. The van der Waals surface area contributed by atoms with Crippen LogP contribution in [0.4, 0.5) is 0 Å². The average molecular weight is 315 g/mol. The molecule has 1 atom stereocenters. The zero-order chi connectivity index (χ0) is 16.3. The monoisotopic (exact) mass is 314 g/mol. The maximum atomic E-state index is 9.47. The summed E-state index contributed by atoms with van der Waals surface area (Å²) in [6.07, 6.45) is 20.6. The van der Waals surface area contributed by atoms with E-state index in [-0.39, 0.29) is 0 Å². The lowest BCUT2D eigenvalue weighted by Crippen LogP contribution is -2.06. The van der Waals surface area contributed by atoms with Crippen LogP contribution in [0.5, 0.6) is 0 Å². The van der Waals surface area contributed by atoms with Crippen molar-refractivity contribution in [2.75, 3.05) is 13.2 Å². The SMILES string of the molecule is CCCCCCCCC(CO)CCCCCCCCCCO. The molecule has 0 aliphatic heterocycles. The standard InChI is InChI=1S/C20H42O2/c1-2-3-4-5-10-13-16-20(19-22)17-14-11-8-6-7-9-12-15-18-21/h20-22H,2-19H2,1H3. The van der Waals surface area contributed by atoms with Crippen molar-refractivity contribution in [2.45, 2.75) is 110 Å². The molecule has 0 aromatic carbocycles. The predicted molar refractivity (Wildman–Crippen MR) is 97.2 cm³/mol. The predicted octanol–water partition coefficient (Wildman–Crippen LogP) is 5.85. The third-order valence-electron chi connectivity index (χ3n) is 4.74. The summed E-state index contributed by atoms with van der Waals surface area (Å²) in [6, 6.07) is 0. The first-order valence-electron chi connectivity index (χ1n) is 10.1. The number of aliphatic hydroxyl groups excluding tert-OH is 2. The van der Waals surface area contributed by atoms with Crippen LogP contribution in [0.25, 0.3) is 0 Å². The fourth-order valence-electron chi connectivity index (χ4n) is 3.15. The van der Waals surface area contributed by atoms with Gasteiger partial charge in [0.15, 0.2) is 0 Å². The third-order valence-corrected chi connectivity index (χ3v) is 4.74. The van der Waals surface area contributed by atoms with Crippen molar-refractivity contribution in [3.8, 4) is 0 Å². The second-order valence-corrected chi connectivity index (χ2v) is 6.95. The van der Waals surface area contributed by atoms with Crippen LogP contribution in [0.2, 0.25) is 0 Å². The fourth-order valence-corrected chi connectivity index (χ4v) is 3.15. The molecule has 134 valence electrons. The zero-order valence-corrected chi connectivity index (χ0v) is 15.2. The number of rotatable bonds is 18. The Hall–Kier alpha value is -0.0800. The first kappa shape index (κ1) is 21.9. The van der Waals surface area contributed by atoms with Crippen LogP contribution in [0.15, 0.2) is 0 Å². The zero-order valence-electron chi connectivity index (χ0n) is 15.2. The van der Waals surface area contributed by atoms with E-state index in [0.29, 0.717) is 19.1 Å². The molecule has 0 amide bonds. The van der Waals surface area contributed by atoms with Gasteiger partial charge in [0.05, 0.1) is 0 Å². The lowest BCUT2D eigenvalue weighted by atomic mass is 9.95. The molecule has 2 nitrogen and oxygen atoms in total. The van der Waals surface area contributed by atoms with Gasteiger partial charge in [-0.25, -0.2) is 0 Å². The maximum absolute atomic E-state index is 9.47. The topological polar surface area (TPSA) is 40.5 Å². The van der Waals surface area contributed by atoms with E-state index < -0.39 is 0 Å². The van der Waals surface area contributed by atoms with Gasteiger partial charge in [-0.3, -0.25) is 0 Å². The molecule has 0 saturated heterocycles. The van der Waals surface area contributed by atoms with Gasteiger partial charge in [-0.05, 0) is 25.2 Å².